The summed E-state index contributed by atoms with van der Waals surface area (Å²) in [5.41, 5.74) is 5.36. The maximum absolute atomic E-state index is 6.37. The SMILES string of the molecule is C=Nc1cnn2cc(OCCN3CCC4(CCN(CC)C4)C3)cc(-c3ccc(N4CC5CC(C4)N5Cc4ccc(OC)nc4)nc3)c12. The molecule has 0 amide bonds. The van der Waals surface area contributed by atoms with E-state index in [2.05, 4.69) is 72.6 Å². The summed E-state index contributed by atoms with van der Waals surface area (Å²) in [6.07, 6.45) is 11.5. The number of piperazine rings is 1. The molecular formula is C36H45N9O2. The highest BCUT2D eigenvalue weighted by Gasteiger charge is 2.45. The molecule has 0 aromatic carbocycles. The van der Waals surface area contributed by atoms with Crippen LogP contribution in [0.3, 0.4) is 0 Å². The van der Waals surface area contributed by atoms with E-state index in [0.29, 0.717) is 30.0 Å². The fourth-order valence-electron chi connectivity index (χ4n) is 8.34. The van der Waals surface area contributed by atoms with Crippen LogP contribution in [0.4, 0.5) is 11.5 Å². The summed E-state index contributed by atoms with van der Waals surface area (Å²) in [6.45, 7) is 16.5. The van der Waals surface area contributed by atoms with Gasteiger partial charge < -0.3 is 19.3 Å². The average Bonchev–Trinajstić information content (AvgIpc) is 3.85. The first kappa shape index (κ1) is 30.3. The molecule has 246 valence electrons. The Morgan fingerprint density at radius 2 is 1.83 bits per heavy atom. The number of likely N-dealkylation sites (tertiary alicyclic amines) is 2. The van der Waals surface area contributed by atoms with Gasteiger partial charge >= 0.3 is 0 Å². The summed E-state index contributed by atoms with van der Waals surface area (Å²) in [5.74, 6) is 2.47. The van der Waals surface area contributed by atoms with Gasteiger partial charge in [-0.05, 0) is 74.8 Å². The first-order valence-electron chi connectivity index (χ1n) is 17.0. The molecule has 4 aromatic heterocycles. The predicted molar refractivity (Wildman–Crippen MR) is 184 cm³/mol. The Morgan fingerprint density at radius 1 is 1.00 bits per heavy atom. The molecule has 3 unspecified atom stereocenters. The number of piperidine rings is 1. The van der Waals surface area contributed by atoms with E-state index in [4.69, 9.17) is 14.5 Å². The summed E-state index contributed by atoms with van der Waals surface area (Å²) in [6, 6.07) is 11.5. The van der Waals surface area contributed by atoms with Gasteiger partial charge in [0.25, 0.3) is 0 Å². The van der Waals surface area contributed by atoms with Gasteiger partial charge in [0, 0.05) is 80.9 Å². The Balaban J connectivity index is 0.929. The Hall–Kier alpha value is -4.06. The van der Waals surface area contributed by atoms with Crippen LogP contribution in [0.1, 0.15) is 31.7 Å². The van der Waals surface area contributed by atoms with Crippen molar-refractivity contribution in [2.24, 2.45) is 10.4 Å². The molecule has 0 aliphatic carbocycles. The Labute approximate surface area is 276 Å². The number of ether oxygens (including phenoxy) is 2. The Kier molecular flexibility index (Phi) is 8.07. The van der Waals surface area contributed by atoms with Gasteiger partial charge in [-0.3, -0.25) is 14.8 Å². The quantitative estimate of drug-likeness (QED) is 0.223. The average molecular weight is 636 g/mol. The summed E-state index contributed by atoms with van der Waals surface area (Å²) in [4.78, 5) is 23.8. The number of nitrogens with zero attached hydrogens (tertiary/aromatic N) is 9. The number of rotatable bonds is 11. The van der Waals surface area contributed by atoms with Crippen molar-refractivity contribution in [1.82, 2.24) is 34.3 Å². The zero-order valence-electron chi connectivity index (χ0n) is 27.6. The lowest BCUT2D eigenvalue weighted by atomic mass is 9.86. The minimum Gasteiger partial charge on any atom is -0.491 e. The second kappa shape index (κ2) is 12.5. The van der Waals surface area contributed by atoms with Gasteiger partial charge in [0.1, 0.15) is 23.9 Å². The third kappa shape index (κ3) is 5.85. The van der Waals surface area contributed by atoms with Gasteiger partial charge in [0.05, 0.1) is 25.0 Å². The number of aliphatic imine (C=N–C) groups is 1. The van der Waals surface area contributed by atoms with Crippen molar-refractivity contribution in [2.45, 2.75) is 44.8 Å². The van der Waals surface area contributed by atoms with E-state index in [1.54, 1.807) is 13.3 Å². The van der Waals surface area contributed by atoms with Crippen molar-refractivity contribution in [3.63, 3.8) is 0 Å². The van der Waals surface area contributed by atoms with Crippen LogP contribution in [0.5, 0.6) is 11.6 Å². The molecule has 5 aliphatic heterocycles. The van der Waals surface area contributed by atoms with E-state index < -0.39 is 0 Å². The van der Waals surface area contributed by atoms with Crippen molar-refractivity contribution in [3.8, 4) is 22.8 Å². The molecule has 3 atom stereocenters. The Morgan fingerprint density at radius 3 is 2.53 bits per heavy atom. The molecule has 4 aromatic rings. The third-order valence-electron chi connectivity index (χ3n) is 11.0. The molecule has 47 heavy (non-hydrogen) atoms. The molecular weight excluding hydrogens is 590 g/mol. The van der Waals surface area contributed by atoms with Crippen LogP contribution in [0, 0.1) is 5.41 Å². The van der Waals surface area contributed by atoms with Crippen LogP contribution < -0.4 is 14.4 Å². The first-order chi connectivity index (χ1) is 23.0. The lowest BCUT2D eigenvalue weighted by Crippen LogP contribution is -2.68. The minimum atomic E-state index is 0.480. The smallest absolute Gasteiger partial charge is 0.212 e. The molecule has 2 bridgehead atoms. The van der Waals surface area contributed by atoms with Crippen LogP contribution in [0.25, 0.3) is 16.6 Å². The topological polar surface area (TPSA) is 86.9 Å². The van der Waals surface area contributed by atoms with E-state index in [0.717, 1.165) is 73.2 Å². The summed E-state index contributed by atoms with van der Waals surface area (Å²) < 4.78 is 13.4. The molecule has 9 heterocycles. The van der Waals surface area contributed by atoms with E-state index >= 15 is 0 Å². The summed E-state index contributed by atoms with van der Waals surface area (Å²) in [5, 5.41) is 4.58. The zero-order valence-corrected chi connectivity index (χ0v) is 27.6. The zero-order chi connectivity index (χ0) is 32.0. The summed E-state index contributed by atoms with van der Waals surface area (Å²) in [7, 11) is 1.65. The van der Waals surface area contributed by atoms with Crippen LogP contribution in [0.2, 0.25) is 0 Å². The molecule has 11 heteroatoms. The number of pyridine rings is 3. The van der Waals surface area contributed by atoms with Crippen LogP contribution in [0.15, 0.2) is 60.1 Å². The summed E-state index contributed by atoms with van der Waals surface area (Å²) >= 11 is 0. The molecule has 11 nitrogen and oxygen atoms in total. The Bertz CT molecular complexity index is 1710. The van der Waals surface area contributed by atoms with Gasteiger partial charge in [0.15, 0.2) is 0 Å². The van der Waals surface area contributed by atoms with Crippen molar-refractivity contribution in [1.29, 1.82) is 0 Å². The van der Waals surface area contributed by atoms with Crippen LogP contribution in [-0.4, -0.2) is 119 Å². The number of methoxy groups -OCH3 is 1. The van der Waals surface area contributed by atoms with Gasteiger partial charge in [-0.15, -0.1) is 0 Å². The molecule has 9 rings (SSSR count). The minimum absolute atomic E-state index is 0.480. The molecule has 0 saturated carbocycles. The van der Waals surface area contributed by atoms with E-state index in [9.17, 15) is 0 Å². The molecule has 0 N–H and O–H groups in total. The maximum Gasteiger partial charge on any atom is 0.212 e. The number of anilines is 1. The standard InChI is InChI=1S/C36H45N9O2/c1-4-41-11-9-36(24-41)10-12-42(25-36)13-14-47-30-16-31(35-32(37-2)19-40-45(35)23-30)27-6-7-33(38-18-27)43-21-28-15-29(22-43)44(28)20-26-5-8-34(46-3)39-17-26/h5-8,16-19,23,28-29H,2,4,9-15,20-22,24-25H2,1,3H3. The van der Waals surface area contributed by atoms with Gasteiger partial charge in [-0.1, -0.05) is 13.0 Å². The maximum atomic E-state index is 6.37. The van der Waals surface area contributed by atoms with Gasteiger partial charge in [-0.2, -0.15) is 5.10 Å². The molecule has 5 fully saturated rings. The second-order valence-electron chi connectivity index (χ2n) is 13.8. The molecule has 1 spiro atoms. The fourth-order valence-corrected chi connectivity index (χ4v) is 8.34. The van der Waals surface area contributed by atoms with Crippen molar-refractivity contribution in [2.75, 3.05) is 71.0 Å². The van der Waals surface area contributed by atoms with E-state index in [1.807, 2.05) is 29.2 Å². The van der Waals surface area contributed by atoms with Crippen molar-refractivity contribution >= 4 is 23.7 Å². The largest absolute Gasteiger partial charge is 0.491 e. The van der Waals surface area contributed by atoms with Gasteiger partial charge in [-0.25, -0.2) is 14.5 Å². The molecule has 0 radical (unpaired) electrons. The first-order valence-corrected chi connectivity index (χ1v) is 17.0. The highest BCUT2D eigenvalue weighted by Crippen LogP contribution is 2.40. The van der Waals surface area contributed by atoms with E-state index in [1.165, 1.54) is 44.5 Å². The lowest BCUT2D eigenvalue weighted by molar-refractivity contribution is -0.00876. The highest BCUT2D eigenvalue weighted by atomic mass is 16.5. The number of hydrogen-bond donors (Lipinski definition) is 0. The van der Waals surface area contributed by atoms with Crippen molar-refractivity contribution in [3.05, 3.63) is 60.7 Å². The monoisotopic (exact) mass is 635 g/mol. The number of aromatic nitrogens is 4. The fraction of sp³-hybridized carbons (Fsp3) is 0.500. The highest BCUT2D eigenvalue weighted by molar-refractivity contribution is 5.89. The second-order valence-corrected chi connectivity index (χ2v) is 13.8. The van der Waals surface area contributed by atoms with Gasteiger partial charge in [0.2, 0.25) is 5.88 Å². The van der Waals surface area contributed by atoms with Crippen LogP contribution in [-0.2, 0) is 6.54 Å². The number of fused-ring (bicyclic) bond motifs is 3. The molecule has 5 saturated heterocycles. The van der Waals surface area contributed by atoms with E-state index in [-0.39, 0.29) is 0 Å². The van der Waals surface area contributed by atoms with Crippen LogP contribution >= 0.6 is 0 Å². The lowest BCUT2D eigenvalue weighted by Gasteiger charge is -2.56. The predicted octanol–water partition coefficient (Wildman–Crippen LogP) is 4.39. The third-order valence-corrected chi connectivity index (χ3v) is 11.0. The molecule has 5 aliphatic rings. The number of hydrogen-bond acceptors (Lipinski definition) is 10. The normalized spacial score (nSPS) is 24.7. The van der Waals surface area contributed by atoms with Crippen molar-refractivity contribution < 1.29 is 9.47 Å².